The number of hydrogen-bond acceptors (Lipinski definition) is 4. The van der Waals surface area contributed by atoms with E-state index in [4.69, 9.17) is 0 Å². The third-order valence-corrected chi connectivity index (χ3v) is 2.99. The summed E-state index contributed by atoms with van der Waals surface area (Å²) >= 11 is 0. The lowest BCUT2D eigenvalue weighted by atomic mass is 10.4. The van der Waals surface area contributed by atoms with Crippen LogP contribution >= 0.6 is 0 Å². The van der Waals surface area contributed by atoms with Crippen molar-refractivity contribution in [1.29, 1.82) is 0 Å². The number of nitrogens with zero attached hydrogens (tertiary/aromatic N) is 3. The number of carbonyl (C=O) groups excluding carboxylic acids is 1. The topological polar surface area (TPSA) is 62.2 Å². The third-order valence-electron chi connectivity index (χ3n) is 2.99. The summed E-state index contributed by atoms with van der Waals surface area (Å²) in [6.45, 7) is 11.3. The zero-order chi connectivity index (χ0) is 14.1. The van der Waals surface area contributed by atoms with Gasteiger partial charge in [-0.2, -0.15) is 5.10 Å². The number of hydrogen-bond donors (Lipinski definition) is 2. The molecule has 1 aromatic rings. The van der Waals surface area contributed by atoms with Gasteiger partial charge in [-0.15, -0.1) is 0 Å². The van der Waals surface area contributed by atoms with Crippen LogP contribution in [0.3, 0.4) is 0 Å². The number of aromatic nitrogens is 2. The van der Waals surface area contributed by atoms with Gasteiger partial charge in [-0.05, 0) is 19.6 Å². The quantitative estimate of drug-likeness (QED) is 0.694. The zero-order valence-electron chi connectivity index (χ0n) is 12.1. The lowest BCUT2D eigenvalue weighted by molar-refractivity contribution is -0.115. The van der Waals surface area contributed by atoms with Crippen LogP contribution in [0.15, 0.2) is 12.4 Å². The summed E-state index contributed by atoms with van der Waals surface area (Å²) in [6.07, 6.45) is 3.55. The van der Waals surface area contributed by atoms with Crippen LogP contribution in [0.25, 0.3) is 0 Å². The molecule has 6 nitrogen and oxygen atoms in total. The number of rotatable bonds is 9. The van der Waals surface area contributed by atoms with E-state index in [-0.39, 0.29) is 5.91 Å². The van der Waals surface area contributed by atoms with E-state index in [1.165, 1.54) is 0 Å². The van der Waals surface area contributed by atoms with E-state index in [1.807, 2.05) is 17.8 Å². The van der Waals surface area contributed by atoms with Gasteiger partial charge in [0.15, 0.2) is 0 Å². The first kappa shape index (κ1) is 15.7. The van der Waals surface area contributed by atoms with E-state index in [0.29, 0.717) is 6.54 Å². The molecule has 0 fully saturated rings. The van der Waals surface area contributed by atoms with E-state index in [9.17, 15) is 4.79 Å². The molecular weight excluding hydrogens is 242 g/mol. The van der Waals surface area contributed by atoms with Crippen molar-refractivity contribution in [2.75, 3.05) is 38.0 Å². The highest BCUT2D eigenvalue weighted by Gasteiger charge is 2.04. The molecular formula is C13H25N5O. The average Bonchev–Trinajstić information content (AvgIpc) is 2.85. The average molecular weight is 267 g/mol. The van der Waals surface area contributed by atoms with Crippen LogP contribution in [-0.4, -0.2) is 53.3 Å². The minimum absolute atomic E-state index is 0.0369. The van der Waals surface area contributed by atoms with Gasteiger partial charge >= 0.3 is 0 Å². The van der Waals surface area contributed by atoms with Crippen LogP contribution < -0.4 is 10.6 Å². The molecule has 0 unspecified atom stereocenters. The van der Waals surface area contributed by atoms with Gasteiger partial charge in [-0.25, -0.2) is 0 Å². The predicted octanol–water partition coefficient (Wildman–Crippen LogP) is 0.773. The predicted molar refractivity (Wildman–Crippen MR) is 77.2 cm³/mol. The Morgan fingerprint density at radius 2 is 2.11 bits per heavy atom. The van der Waals surface area contributed by atoms with E-state index in [0.717, 1.165) is 38.4 Å². The van der Waals surface area contributed by atoms with Crippen molar-refractivity contribution in [2.45, 2.75) is 27.3 Å². The molecule has 1 heterocycles. The number of carbonyl (C=O) groups is 1. The summed E-state index contributed by atoms with van der Waals surface area (Å²) in [5.74, 6) is -0.0369. The van der Waals surface area contributed by atoms with E-state index < -0.39 is 0 Å². The molecule has 19 heavy (non-hydrogen) atoms. The summed E-state index contributed by atoms with van der Waals surface area (Å²) in [5.41, 5.74) is 0.752. The smallest absolute Gasteiger partial charge is 0.238 e. The molecule has 0 bridgehead atoms. The molecule has 0 aliphatic rings. The normalized spacial score (nSPS) is 10.9. The largest absolute Gasteiger partial charge is 0.322 e. The van der Waals surface area contributed by atoms with Gasteiger partial charge in [0.1, 0.15) is 0 Å². The fraction of sp³-hybridized carbons (Fsp3) is 0.692. The van der Waals surface area contributed by atoms with Crippen molar-refractivity contribution in [1.82, 2.24) is 20.0 Å². The molecule has 2 N–H and O–H groups in total. The fourth-order valence-corrected chi connectivity index (χ4v) is 1.78. The molecule has 0 atom stereocenters. The van der Waals surface area contributed by atoms with Crippen LogP contribution in [-0.2, 0) is 11.3 Å². The van der Waals surface area contributed by atoms with Crippen LogP contribution in [0, 0.1) is 0 Å². The van der Waals surface area contributed by atoms with Crippen LogP contribution in [0.5, 0.6) is 0 Å². The molecule has 0 radical (unpaired) electrons. The minimum Gasteiger partial charge on any atom is -0.322 e. The third kappa shape index (κ3) is 5.85. The second-order valence-corrected chi connectivity index (χ2v) is 4.35. The van der Waals surface area contributed by atoms with E-state index in [1.54, 1.807) is 6.20 Å². The Labute approximate surface area is 115 Å². The van der Waals surface area contributed by atoms with Crippen molar-refractivity contribution in [2.24, 2.45) is 0 Å². The van der Waals surface area contributed by atoms with Gasteiger partial charge in [0.05, 0.1) is 25.0 Å². The Morgan fingerprint density at radius 1 is 1.37 bits per heavy atom. The first-order valence-electron chi connectivity index (χ1n) is 6.94. The monoisotopic (exact) mass is 267 g/mol. The van der Waals surface area contributed by atoms with Crippen molar-refractivity contribution >= 4 is 11.6 Å². The van der Waals surface area contributed by atoms with Crippen LogP contribution in [0.1, 0.15) is 20.8 Å². The number of nitrogens with one attached hydrogen (secondary N) is 2. The second-order valence-electron chi connectivity index (χ2n) is 4.35. The maximum atomic E-state index is 11.5. The first-order chi connectivity index (χ1) is 9.19. The first-order valence-corrected chi connectivity index (χ1v) is 6.94. The molecule has 108 valence electrons. The van der Waals surface area contributed by atoms with Crippen molar-refractivity contribution < 1.29 is 4.79 Å². The lowest BCUT2D eigenvalue weighted by Crippen LogP contribution is -2.27. The van der Waals surface area contributed by atoms with Gasteiger partial charge in [-0.1, -0.05) is 20.8 Å². The fourth-order valence-electron chi connectivity index (χ4n) is 1.78. The Bertz CT molecular complexity index is 373. The summed E-state index contributed by atoms with van der Waals surface area (Å²) in [4.78, 5) is 13.9. The van der Waals surface area contributed by atoms with Crippen molar-refractivity contribution in [3.8, 4) is 0 Å². The Morgan fingerprint density at radius 3 is 2.74 bits per heavy atom. The second kappa shape index (κ2) is 8.66. The SMILES string of the molecule is CCNCC(=O)Nc1cnn(CCN(CC)CC)c1. The Kier molecular flexibility index (Phi) is 7.14. The Balaban J connectivity index is 2.37. The molecule has 1 aromatic heterocycles. The van der Waals surface area contributed by atoms with Crippen molar-refractivity contribution in [3.63, 3.8) is 0 Å². The highest BCUT2D eigenvalue weighted by molar-refractivity contribution is 5.91. The standard InChI is InChI=1S/C13H25N5O/c1-4-14-10-13(19)16-12-9-15-18(11-12)8-7-17(5-2)6-3/h9,11,14H,4-8,10H2,1-3H3,(H,16,19). The van der Waals surface area contributed by atoms with Crippen LogP contribution in [0.4, 0.5) is 5.69 Å². The van der Waals surface area contributed by atoms with Gasteiger partial charge < -0.3 is 15.5 Å². The maximum absolute atomic E-state index is 11.5. The van der Waals surface area contributed by atoms with E-state index in [2.05, 4.69) is 34.5 Å². The highest BCUT2D eigenvalue weighted by Crippen LogP contribution is 2.04. The molecule has 0 saturated heterocycles. The number of likely N-dealkylation sites (N-methyl/N-ethyl adjacent to an activating group) is 2. The van der Waals surface area contributed by atoms with Crippen molar-refractivity contribution in [3.05, 3.63) is 12.4 Å². The Hall–Kier alpha value is -1.40. The molecule has 0 aliphatic heterocycles. The van der Waals surface area contributed by atoms with E-state index >= 15 is 0 Å². The molecule has 0 spiro atoms. The highest BCUT2D eigenvalue weighted by atomic mass is 16.1. The van der Waals surface area contributed by atoms with Gasteiger partial charge in [0, 0.05) is 12.7 Å². The summed E-state index contributed by atoms with van der Waals surface area (Å²) in [6, 6.07) is 0. The summed E-state index contributed by atoms with van der Waals surface area (Å²) in [7, 11) is 0. The van der Waals surface area contributed by atoms with Crippen LogP contribution in [0.2, 0.25) is 0 Å². The molecule has 0 aromatic carbocycles. The molecule has 1 amide bonds. The zero-order valence-corrected chi connectivity index (χ0v) is 12.1. The van der Waals surface area contributed by atoms with Gasteiger partial charge in [0.25, 0.3) is 0 Å². The van der Waals surface area contributed by atoms with Gasteiger partial charge in [-0.3, -0.25) is 9.48 Å². The van der Waals surface area contributed by atoms with Gasteiger partial charge in [0.2, 0.25) is 5.91 Å². The molecule has 6 heteroatoms. The lowest BCUT2D eigenvalue weighted by Gasteiger charge is -2.17. The molecule has 0 saturated carbocycles. The summed E-state index contributed by atoms with van der Waals surface area (Å²) in [5, 5.41) is 10.0. The minimum atomic E-state index is -0.0369. The summed E-state index contributed by atoms with van der Waals surface area (Å²) < 4.78 is 1.86. The number of anilines is 1. The maximum Gasteiger partial charge on any atom is 0.238 e. The molecule has 0 aliphatic carbocycles. The number of amides is 1. The molecule has 1 rings (SSSR count).